The summed E-state index contributed by atoms with van der Waals surface area (Å²) in [5, 5.41) is 17.5. The van der Waals surface area contributed by atoms with Crippen molar-refractivity contribution in [2.45, 2.75) is 12.5 Å². The van der Waals surface area contributed by atoms with Crippen molar-refractivity contribution < 1.29 is 20.5 Å². The Labute approximate surface area is 138 Å². The monoisotopic (exact) mass is 247 g/mol. The molecule has 0 radical (unpaired) electrons. The number of phenols is 1. The molecule has 1 aromatic carbocycles. The topological polar surface area (TPSA) is 115 Å². The number of carboxylic acid groups (broad SMARTS) is 1. The summed E-state index contributed by atoms with van der Waals surface area (Å²) in [7, 11) is 0. The van der Waals surface area contributed by atoms with E-state index < -0.39 is 12.0 Å². The van der Waals surface area contributed by atoms with Gasteiger partial charge < -0.3 is 21.4 Å². The fraction of sp³-hybridized carbons (Fsp3) is 0.222. The Balaban J connectivity index is -0.000000563. The molecular formula is C9H15NNa2O4. The first kappa shape index (κ1) is 21.7. The first-order valence-corrected chi connectivity index (χ1v) is 3.86. The van der Waals surface area contributed by atoms with Crippen molar-refractivity contribution in [1.82, 2.24) is 0 Å². The van der Waals surface area contributed by atoms with Crippen LogP contribution in [0.2, 0.25) is 0 Å². The fourth-order valence-corrected chi connectivity index (χ4v) is 0.973. The van der Waals surface area contributed by atoms with Crippen molar-refractivity contribution >= 4 is 65.1 Å². The molecule has 0 heterocycles. The summed E-state index contributed by atoms with van der Waals surface area (Å²) < 4.78 is 0. The SMILES string of the molecule is NC(Cc1ccc(O)cc1)C(=O)O.O.[NaH].[NaH]. The molecule has 5 nitrogen and oxygen atoms in total. The summed E-state index contributed by atoms with van der Waals surface area (Å²) in [6.45, 7) is 0. The van der Waals surface area contributed by atoms with Gasteiger partial charge in [-0.25, -0.2) is 0 Å². The first-order chi connectivity index (χ1) is 6.09. The van der Waals surface area contributed by atoms with Crippen LogP contribution in [0.15, 0.2) is 24.3 Å². The van der Waals surface area contributed by atoms with Crippen LogP contribution in [0.4, 0.5) is 0 Å². The molecule has 0 amide bonds. The first-order valence-electron chi connectivity index (χ1n) is 3.86. The molecule has 82 valence electrons. The average Bonchev–Trinajstić information content (AvgIpc) is 2.08. The number of hydrogen-bond donors (Lipinski definition) is 3. The Hall–Kier alpha value is 0.410. The molecule has 0 aliphatic carbocycles. The molecule has 7 heteroatoms. The molecule has 16 heavy (non-hydrogen) atoms. The summed E-state index contributed by atoms with van der Waals surface area (Å²) in [5.41, 5.74) is 6.12. The van der Waals surface area contributed by atoms with Gasteiger partial charge in [-0.05, 0) is 24.1 Å². The third-order valence-electron chi connectivity index (χ3n) is 1.71. The molecule has 6 N–H and O–H groups in total. The van der Waals surface area contributed by atoms with Crippen LogP contribution in [0, 0.1) is 0 Å². The number of nitrogens with two attached hydrogens (primary N) is 1. The van der Waals surface area contributed by atoms with Crippen LogP contribution in [0.5, 0.6) is 5.75 Å². The van der Waals surface area contributed by atoms with Crippen molar-refractivity contribution in [2.24, 2.45) is 5.73 Å². The second-order valence-corrected chi connectivity index (χ2v) is 2.82. The van der Waals surface area contributed by atoms with Crippen LogP contribution in [0.1, 0.15) is 5.56 Å². The third kappa shape index (κ3) is 7.65. The summed E-state index contributed by atoms with van der Waals surface area (Å²) in [6.07, 6.45) is 0.273. The van der Waals surface area contributed by atoms with Gasteiger partial charge in [-0.3, -0.25) is 4.79 Å². The van der Waals surface area contributed by atoms with E-state index >= 15 is 0 Å². The van der Waals surface area contributed by atoms with Crippen molar-refractivity contribution in [2.75, 3.05) is 0 Å². The zero-order valence-corrected chi connectivity index (χ0v) is 7.47. The number of aliphatic carboxylic acids is 1. The number of carbonyl (C=O) groups is 1. The second-order valence-electron chi connectivity index (χ2n) is 2.82. The minimum atomic E-state index is -1.02. The van der Waals surface area contributed by atoms with E-state index in [9.17, 15) is 4.79 Å². The molecule has 0 fully saturated rings. The van der Waals surface area contributed by atoms with Gasteiger partial charge in [0, 0.05) is 0 Å². The Morgan fingerprint density at radius 2 is 1.69 bits per heavy atom. The molecule has 1 rings (SSSR count). The summed E-state index contributed by atoms with van der Waals surface area (Å²) >= 11 is 0. The van der Waals surface area contributed by atoms with Gasteiger partial charge in [-0.2, -0.15) is 0 Å². The maximum atomic E-state index is 10.4. The van der Waals surface area contributed by atoms with Crippen molar-refractivity contribution in [3.63, 3.8) is 0 Å². The minimum absolute atomic E-state index is 0. The number of phenolic OH excluding ortho intramolecular Hbond substituents is 1. The summed E-state index contributed by atoms with van der Waals surface area (Å²) in [4.78, 5) is 10.4. The predicted octanol–water partition coefficient (Wildman–Crippen LogP) is -1.78. The Morgan fingerprint density at radius 3 is 2.06 bits per heavy atom. The number of carboxylic acids is 1. The van der Waals surface area contributed by atoms with Crippen LogP contribution in [0.3, 0.4) is 0 Å². The van der Waals surface area contributed by atoms with Gasteiger partial charge in [0.1, 0.15) is 11.8 Å². The van der Waals surface area contributed by atoms with Crippen LogP contribution in [0.25, 0.3) is 0 Å². The van der Waals surface area contributed by atoms with E-state index in [1.54, 1.807) is 12.1 Å². The second kappa shape index (κ2) is 10.6. The molecule has 0 saturated heterocycles. The average molecular weight is 247 g/mol. The predicted molar refractivity (Wildman–Crippen MR) is 65.3 cm³/mol. The summed E-state index contributed by atoms with van der Waals surface area (Å²) in [5.74, 6) is -0.860. The Bertz CT molecular complexity index is 305. The molecular weight excluding hydrogens is 232 g/mol. The Kier molecular flexibility index (Phi) is 14.3. The summed E-state index contributed by atoms with van der Waals surface area (Å²) in [6, 6.07) is 5.42. The molecule has 1 unspecified atom stereocenters. The van der Waals surface area contributed by atoms with E-state index in [2.05, 4.69) is 0 Å². The molecule has 0 bridgehead atoms. The zero-order valence-electron chi connectivity index (χ0n) is 7.47. The third-order valence-corrected chi connectivity index (χ3v) is 1.71. The van der Waals surface area contributed by atoms with Crippen LogP contribution >= 0.6 is 0 Å². The van der Waals surface area contributed by atoms with E-state index in [0.717, 1.165) is 5.56 Å². The zero-order chi connectivity index (χ0) is 9.84. The van der Waals surface area contributed by atoms with Gasteiger partial charge >= 0.3 is 65.1 Å². The molecule has 1 atom stereocenters. The van der Waals surface area contributed by atoms with Crippen molar-refractivity contribution in [3.8, 4) is 5.75 Å². The van der Waals surface area contributed by atoms with E-state index in [-0.39, 0.29) is 76.8 Å². The molecule has 0 spiro atoms. The molecule has 0 aromatic heterocycles. The van der Waals surface area contributed by atoms with E-state index in [1.165, 1.54) is 12.1 Å². The Morgan fingerprint density at radius 1 is 1.25 bits per heavy atom. The maximum absolute atomic E-state index is 10.4. The van der Waals surface area contributed by atoms with Crippen LogP contribution < -0.4 is 5.73 Å². The van der Waals surface area contributed by atoms with Crippen LogP contribution in [-0.2, 0) is 11.2 Å². The number of hydrogen-bond acceptors (Lipinski definition) is 3. The number of aromatic hydroxyl groups is 1. The van der Waals surface area contributed by atoms with E-state index in [0.29, 0.717) is 0 Å². The molecule has 1 aromatic rings. The van der Waals surface area contributed by atoms with Crippen molar-refractivity contribution in [3.05, 3.63) is 29.8 Å². The van der Waals surface area contributed by atoms with Gasteiger partial charge in [0.05, 0.1) is 0 Å². The van der Waals surface area contributed by atoms with Crippen molar-refractivity contribution in [1.29, 1.82) is 0 Å². The molecule has 0 saturated carbocycles. The fourth-order valence-electron chi connectivity index (χ4n) is 0.973. The van der Waals surface area contributed by atoms with Gasteiger partial charge in [-0.1, -0.05) is 12.1 Å². The molecule has 0 aliphatic rings. The van der Waals surface area contributed by atoms with Gasteiger partial charge in [0.2, 0.25) is 0 Å². The van der Waals surface area contributed by atoms with E-state index in [1.807, 2.05) is 0 Å². The van der Waals surface area contributed by atoms with E-state index in [4.69, 9.17) is 15.9 Å². The number of rotatable bonds is 3. The van der Waals surface area contributed by atoms with Gasteiger partial charge in [0.15, 0.2) is 0 Å². The van der Waals surface area contributed by atoms with Gasteiger partial charge in [0.25, 0.3) is 0 Å². The normalized spacial score (nSPS) is 10.1. The number of benzene rings is 1. The van der Waals surface area contributed by atoms with Gasteiger partial charge in [-0.15, -0.1) is 0 Å². The molecule has 0 aliphatic heterocycles. The quantitative estimate of drug-likeness (QED) is 0.548. The van der Waals surface area contributed by atoms with Crippen LogP contribution in [-0.4, -0.2) is 86.8 Å². The standard InChI is InChI=1S/C9H11NO3.2Na.H2O.2H/c10-8(9(12)13)5-6-1-3-7(11)4-2-6;;;;;/h1-4,8,11H,5,10H2,(H,12,13);;;1H2;;.